The quantitative estimate of drug-likeness (QED) is 0.800. The highest BCUT2D eigenvalue weighted by Gasteiger charge is 2.20. The zero-order valence-electron chi connectivity index (χ0n) is 6.68. The number of nitrogens with two attached hydrogens (primary N) is 1. The molecule has 0 aliphatic rings. The van der Waals surface area contributed by atoms with Gasteiger partial charge in [-0.3, -0.25) is 9.59 Å². The highest BCUT2D eigenvalue weighted by Crippen LogP contribution is 2.22. The molecular weight excluding hydrogens is 309 g/mol. The second-order valence-corrected chi connectivity index (χ2v) is 3.60. The number of carbonyl (C=O) groups is 1. The number of hydrogen-bond acceptors (Lipinski definition) is 2. The van der Waals surface area contributed by atoms with Gasteiger partial charge in [0.2, 0.25) is 5.56 Å². The highest BCUT2D eigenvalue weighted by molar-refractivity contribution is 14.1. The zero-order chi connectivity index (χ0) is 10.9. The molecule has 0 aromatic carbocycles. The van der Waals surface area contributed by atoms with Crippen LogP contribution < -0.4 is 11.3 Å². The minimum absolute atomic E-state index is 0.120. The summed E-state index contributed by atoms with van der Waals surface area (Å²) in [7, 11) is 0. The number of hydrogen-bond donors (Lipinski definition) is 2. The van der Waals surface area contributed by atoms with Gasteiger partial charge in [0, 0.05) is 9.64 Å². The van der Waals surface area contributed by atoms with Crippen molar-refractivity contribution in [1.29, 1.82) is 0 Å². The topological polar surface area (TPSA) is 76.0 Å². The third kappa shape index (κ3) is 2.08. The van der Waals surface area contributed by atoms with Crippen molar-refractivity contribution in [3.05, 3.63) is 31.2 Å². The van der Waals surface area contributed by atoms with E-state index in [0.717, 1.165) is 6.07 Å². The summed E-state index contributed by atoms with van der Waals surface area (Å²) in [5.41, 5.74) is 3.16. The Kier molecular flexibility index (Phi) is 3.19. The van der Waals surface area contributed by atoms with Crippen molar-refractivity contribution < 1.29 is 13.6 Å². The molecule has 1 heterocycles. The number of aromatic amines is 1. The van der Waals surface area contributed by atoms with Crippen LogP contribution >= 0.6 is 22.6 Å². The third-order valence-corrected chi connectivity index (χ3v) is 2.34. The molecule has 0 aliphatic carbocycles. The van der Waals surface area contributed by atoms with E-state index in [-0.39, 0.29) is 9.13 Å². The summed E-state index contributed by atoms with van der Waals surface area (Å²) < 4.78 is 24.9. The summed E-state index contributed by atoms with van der Waals surface area (Å²) in [5, 5.41) is 0. The Hall–Kier alpha value is -0.990. The van der Waals surface area contributed by atoms with Gasteiger partial charge in [-0.25, -0.2) is 8.78 Å². The number of carbonyl (C=O) groups excluding carboxylic acids is 1. The highest BCUT2D eigenvalue weighted by atomic mass is 127. The first-order valence-corrected chi connectivity index (χ1v) is 4.52. The molecule has 76 valence electrons. The Morgan fingerprint density at radius 2 is 2.14 bits per heavy atom. The van der Waals surface area contributed by atoms with Crippen LogP contribution in [0.25, 0.3) is 0 Å². The Morgan fingerprint density at radius 1 is 1.57 bits per heavy atom. The summed E-state index contributed by atoms with van der Waals surface area (Å²) in [5.74, 6) is -0.985. The van der Waals surface area contributed by atoms with Crippen molar-refractivity contribution in [2.75, 3.05) is 0 Å². The first-order chi connectivity index (χ1) is 6.43. The Labute approximate surface area is 90.6 Å². The van der Waals surface area contributed by atoms with E-state index in [0.29, 0.717) is 0 Å². The summed E-state index contributed by atoms with van der Waals surface area (Å²) in [6.45, 7) is 0. The van der Waals surface area contributed by atoms with Crippen LogP contribution in [-0.2, 0) is 0 Å². The molecule has 3 N–H and O–H groups in total. The van der Waals surface area contributed by atoms with E-state index in [4.69, 9.17) is 5.73 Å². The lowest BCUT2D eigenvalue weighted by Crippen LogP contribution is -2.21. The molecule has 0 atom stereocenters. The zero-order valence-corrected chi connectivity index (χ0v) is 8.84. The molecule has 0 saturated heterocycles. The van der Waals surface area contributed by atoms with Gasteiger partial charge in [0.25, 0.3) is 12.3 Å². The van der Waals surface area contributed by atoms with Gasteiger partial charge in [-0.2, -0.15) is 0 Å². The lowest BCUT2D eigenvalue weighted by atomic mass is 10.2. The minimum atomic E-state index is -2.93. The van der Waals surface area contributed by atoms with E-state index in [2.05, 4.69) is 0 Å². The van der Waals surface area contributed by atoms with Crippen molar-refractivity contribution in [3.63, 3.8) is 0 Å². The van der Waals surface area contributed by atoms with Crippen LogP contribution in [-0.4, -0.2) is 10.9 Å². The molecule has 1 amide bonds. The third-order valence-electron chi connectivity index (χ3n) is 1.49. The number of alkyl halides is 2. The fraction of sp³-hybridized carbons (Fsp3) is 0.143. The number of rotatable bonds is 2. The van der Waals surface area contributed by atoms with Gasteiger partial charge in [0.05, 0.1) is 11.3 Å². The molecule has 4 nitrogen and oxygen atoms in total. The number of H-pyrrole nitrogens is 1. The average Bonchev–Trinajstić information content (AvgIpc) is 2.01. The van der Waals surface area contributed by atoms with E-state index in [9.17, 15) is 18.4 Å². The SMILES string of the molecule is NC(=O)c1c(I)cc(=O)[nH]c1C(F)F. The Balaban J connectivity index is 3.52. The Morgan fingerprint density at radius 3 is 2.57 bits per heavy atom. The number of primary amides is 1. The van der Waals surface area contributed by atoms with E-state index >= 15 is 0 Å². The van der Waals surface area contributed by atoms with Crippen LogP contribution in [0.5, 0.6) is 0 Å². The van der Waals surface area contributed by atoms with Gasteiger partial charge in [-0.1, -0.05) is 0 Å². The minimum Gasteiger partial charge on any atom is -0.366 e. The standard InChI is InChI=1S/C7H5F2IN2O2/c8-6(9)5-4(7(11)14)2(10)1-3(13)12-5/h1,6H,(H2,11,14)(H,12,13). The maximum Gasteiger partial charge on any atom is 0.279 e. The van der Waals surface area contributed by atoms with Crippen LogP contribution in [0.15, 0.2) is 10.9 Å². The molecule has 0 spiro atoms. The number of pyridine rings is 1. The van der Waals surface area contributed by atoms with Crippen LogP contribution in [0.1, 0.15) is 22.5 Å². The van der Waals surface area contributed by atoms with Gasteiger partial charge >= 0.3 is 0 Å². The second kappa shape index (κ2) is 4.03. The molecule has 7 heteroatoms. The maximum absolute atomic E-state index is 12.4. The van der Waals surface area contributed by atoms with Crippen molar-refractivity contribution in [1.82, 2.24) is 4.98 Å². The van der Waals surface area contributed by atoms with Crippen LogP contribution in [0.4, 0.5) is 8.78 Å². The Bertz CT molecular complexity index is 430. The van der Waals surface area contributed by atoms with Gasteiger partial charge < -0.3 is 10.7 Å². The molecule has 14 heavy (non-hydrogen) atoms. The maximum atomic E-state index is 12.4. The summed E-state index contributed by atoms with van der Waals surface area (Å²) >= 11 is 1.61. The lowest BCUT2D eigenvalue weighted by Gasteiger charge is -2.06. The molecule has 0 radical (unpaired) electrons. The number of aromatic nitrogens is 1. The van der Waals surface area contributed by atoms with Gasteiger partial charge in [-0.05, 0) is 22.6 Å². The predicted molar refractivity (Wildman–Crippen MR) is 53.3 cm³/mol. The smallest absolute Gasteiger partial charge is 0.279 e. The van der Waals surface area contributed by atoms with E-state index in [1.54, 1.807) is 22.6 Å². The number of amides is 1. The van der Waals surface area contributed by atoms with Crippen molar-refractivity contribution in [2.45, 2.75) is 6.43 Å². The van der Waals surface area contributed by atoms with Crippen molar-refractivity contribution in [2.24, 2.45) is 5.73 Å². The van der Waals surface area contributed by atoms with E-state index < -0.39 is 23.6 Å². The van der Waals surface area contributed by atoms with Gasteiger partial charge in [0.15, 0.2) is 0 Å². The van der Waals surface area contributed by atoms with Crippen molar-refractivity contribution >= 4 is 28.5 Å². The van der Waals surface area contributed by atoms with E-state index in [1.807, 2.05) is 4.98 Å². The first kappa shape index (κ1) is 11.1. The molecular formula is C7H5F2IN2O2. The summed E-state index contributed by atoms with van der Waals surface area (Å²) in [6.07, 6.45) is -2.93. The molecule has 0 saturated carbocycles. The van der Waals surface area contributed by atoms with Gasteiger partial charge in [0.1, 0.15) is 0 Å². The molecule has 1 rings (SSSR count). The van der Waals surface area contributed by atoms with Crippen LogP contribution in [0.3, 0.4) is 0 Å². The second-order valence-electron chi connectivity index (χ2n) is 2.44. The molecule has 1 aromatic rings. The van der Waals surface area contributed by atoms with Crippen LogP contribution in [0, 0.1) is 3.57 Å². The largest absolute Gasteiger partial charge is 0.366 e. The fourth-order valence-corrected chi connectivity index (χ4v) is 1.80. The van der Waals surface area contributed by atoms with Crippen molar-refractivity contribution in [3.8, 4) is 0 Å². The van der Waals surface area contributed by atoms with Gasteiger partial charge in [-0.15, -0.1) is 0 Å². The normalized spacial score (nSPS) is 10.6. The lowest BCUT2D eigenvalue weighted by molar-refractivity contribution is 0.0981. The average molecular weight is 314 g/mol. The summed E-state index contributed by atoms with van der Waals surface area (Å²) in [6, 6.07) is 1.03. The number of halogens is 3. The van der Waals surface area contributed by atoms with E-state index in [1.165, 1.54) is 0 Å². The summed E-state index contributed by atoms with van der Waals surface area (Å²) in [4.78, 5) is 23.6. The molecule has 0 aliphatic heterocycles. The monoisotopic (exact) mass is 314 g/mol. The first-order valence-electron chi connectivity index (χ1n) is 3.44. The fourth-order valence-electron chi connectivity index (χ4n) is 0.961. The van der Waals surface area contributed by atoms with Crippen LogP contribution in [0.2, 0.25) is 0 Å². The molecule has 1 aromatic heterocycles. The molecule has 0 bridgehead atoms. The molecule has 0 fully saturated rings. The molecule has 0 unspecified atom stereocenters. The predicted octanol–water partition coefficient (Wildman–Crippen LogP) is 1.02. The number of nitrogens with one attached hydrogen (secondary N) is 1.